The maximum absolute atomic E-state index is 10.1. The predicted octanol–water partition coefficient (Wildman–Crippen LogP) is 4.92. The number of aliphatic hydroxyl groups excluding tert-OH is 1. The van der Waals surface area contributed by atoms with Crippen LogP contribution in [0.25, 0.3) is 10.1 Å². The summed E-state index contributed by atoms with van der Waals surface area (Å²) in [6.07, 6.45) is 0.210. The molecule has 2 aromatic carbocycles. The monoisotopic (exact) mass is 298 g/mol. The highest BCUT2D eigenvalue weighted by Gasteiger charge is 2.12. The van der Waals surface area contributed by atoms with Gasteiger partial charge < -0.3 is 9.84 Å². The summed E-state index contributed by atoms with van der Waals surface area (Å²) in [7, 11) is 0. The molecule has 1 atom stereocenters. The molecule has 0 fully saturated rings. The second-order valence-electron chi connectivity index (χ2n) is 5.01. The van der Waals surface area contributed by atoms with Crippen molar-refractivity contribution in [2.45, 2.75) is 26.1 Å². The van der Waals surface area contributed by atoms with Crippen LogP contribution in [0.5, 0.6) is 5.75 Å². The fourth-order valence-corrected chi connectivity index (χ4v) is 3.35. The van der Waals surface area contributed by atoms with E-state index in [0.717, 1.165) is 11.3 Å². The van der Waals surface area contributed by atoms with Gasteiger partial charge in [-0.05, 0) is 29.3 Å². The van der Waals surface area contributed by atoms with Crippen LogP contribution in [-0.4, -0.2) is 5.11 Å². The molecule has 0 aliphatic carbocycles. The Morgan fingerprint density at radius 1 is 1.10 bits per heavy atom. The minimum Gasteiger partial charge on any atom is -0.488 e. The molecule has 0 aliphatic rings. The van der Waals surface area contributed by atoms with E-state index < -0.39 is 6.10 Å². The lowest BCUT2D eigenvalue weighted by Crippen LogP contribution is -2.02. The van der Waals surface area contributed by atoms with Gasteiger partial charge in [0.05, 0.1) is 6.10 Å². The number of hydrogen-bond acceptors (Lipinski definition) is 3. The zero-order valence-corrected chi connectivity index (χ0v) is 12.8. The zero-order valence-electron chi connectivity index (χ0n) is 12.0. The van der Waals surface area contributed by atoms with Crippen molar-refractivity contribution in [3.8, 4) is 5.75 Å². The van der Waals surface area contributed by atoms with Gasteiger partial charge in [-0.3, -0.25) is 0 Å². The molecule has 21 heavy (non-hydrogen) atoms. The van der Waals surface area contributed by atoms with E-state index in [2.05, 4.69) is 23.6 Å². The number of para-hydroxylation sites is 1. The molecule has 0 amide bonds. The Morgan fingerprint density at radius 2 is 1.86 bits per heavy atom. The summed E-state index contributed by atoms with van der Waals surface area (Å²) < 4.78 is 7.24. The minimum atomic E-state index is -0.472. The van der Waals surface area contributed by atoms with Crippen LogP contribution in [-0.2, 0) is 6.61 Å². The molecule has 0 spiro atoms. The molecule has 3 aromatic rings. The smallest absolute Gasteiger partial charge is 0.125 e. The number of aliphatic hydroxyl groups is 1. The lowest BCUT2D eigenvalue weighted by molar-refractivity contribution is 0.166. The zero-order chi connectivity index (χ0) is 14.7. The van der Waals surface area contributed by atoms with Crippen LogP contribution in [0, 0.1) is 0 Å². The van der Waals surface area contributed by atoms with Crippen LogP contribution >= 0.6 is 11.3 Å². The fourth-order valence-electron chi connectivity index (χ4n) is 2.41. The third-order valence-electron chi connectivity index (χ3n) is 3.61. The SMILES string of the molecule is CCC(O)c1ccccc1OCc1csc2ccccc12. The molecule has 0 aliphatic heterocycles. The van der Waals surface area contributed by atoms with Crippen molar-refractivity contribution in [1.29, 1.82) is 0 Å². The first-order valence-electron chi connectivity index (χ1n) is 7.14. The molecule has 3 rings (SSSR count). The molecule has 0 saturated carbocycles. The lowest BCUT2D eigenvalue weighted by Gasteiger charge is -2.14. The molecule has 0 radical (unpaired) electrons. The Hall–Kier alpha value is -1.84. The number of benzene rings is 2. The fraction of sp³-hybridized carbons (Fsp3) is 0.222. The Morgan fingerprint density at radius 3 is 2.71 bits per heavy atom. The number of hydrogen-bond donors (Lipinski definition) is 1. The number of thiophene rings is 1. The predicted molar refractivity (Wildman–Crippen MR) is 87.8 cm³/mol. The first-order chi connectivity index (χ1) is 10.3. The van der Waals surface area contributed by atoms with Gasteiger partial charge in [-0.15, -0.1) is 11.3 Å². The van der Waals surface area contributed by atoms with E-state index in [1.54, 1.807) is 11.3 Å². The van der Waals surface area contributed by atoms with Gasteiger partial charge in [0.1, 0.15) is 12.4 Å². The first kappa shape index (κ1) is 14.1. The molecule has 1 heterocycles. The second kappa shape index (κ2) is 6.29. The summed E-state index contributed by atoms with van der Waals surface area (Å²) in [5.41, 5.74) is 2.05. The molecule has 2 nitrogen and oxygen atoms in total. The maximum atomic E-state index is 10.1. The van der Waals surface area contributed by atoms with Gasteiger partial charge in [-0.2, -0.15) is 0 Å². The highest BCUT2D eigenvalue weighted by Crippen LogP contribution is 2.30. The largest absolute Gasteiger partial charge is 0.488 e. The molecule has 0 saturated heterocycles. The quantitative estimate of drug-likeness (QED) is 0.724. The number of fused-ring (bicyclic) bond motifs is 1. The highest BCUT2D eigenvalue weighted by atomic mass is 32.1. The van der Waals surface area contributed by atoms with Crippen molar-refractivity contribution in [2.75, 3.05) is 0 Å². The molecular weight excluding hydrogens is 280 g/mol. The Balaban J connectivity index is 1.82. The van der Waals surface area contributed by atoms with Crippen LogP contribution in [0.2, 0.25) is 0 Å². The third kappa shape index (κ3) is 2.94. The van der Waals surface area contributed by atoms with Crippen molar-refractivity contribution < 1.29 is 9.84 Å². The van der Waals surface area contributed by atoms with E-state index in [9.17, 15) is 5.11 Å². The van der Waals surface area contributed by atoms with E-state index in [0.29, 0.717) is 13.0 Å². The first-order valence-corrected chi connectivity index (χ1v) is 8.02. The van der Waals surface area contributed by atoms with Gasteiger partial charge in [0.2, 0.25) is 0 Å². The summed E-state index contributed by atoms with van der Waals surface area (Å²) in [5, 5.41) is 13.4. The van der Waals surface area contributed by atoms with Crippen molar-refractivity contribution in [1.82, 2.24) is 0 Å². The van der Waals surface area contributed by atoms with Crippen LogP contribution in [0.1, 0.15) is 30.6 Å². The standard InChI is InChI=1S/C18H18O2S/c1-2-16(19)15-8-3-5-9-17(15)20-11-13-12-21-18-10-6-4-7-14(13)18/h3-10,12,16,19H,2,11H2,1H3. The average Bonchev–Trinajstić information content (AvgIpc) is 2.96. The van der Waals surface area contributed by atoms with Gasteiger partial charge >= 0.3 is 0 Å². The van der Waals surface area contributed by atoms with Gasteiger partial charge in [-0.25, -0.2) is 0 Å². The summed E-state index contributed by atoms with van der Waals surface area (Å²) in [5.74, 6) is 0.766. The van der Waals surface area contributed by atoms with Gasteiger partial charge in [-0.1, -0.05) is 43.3 Å². The molecule has 1 aromatic heterocycles. The van der Waals surface area contributed by atoms with Gasteiger partial charge in [0.15, 0.2) is 0 Å². The van der Waals surface area contributed by atoms with Crippen LogP contribution < -0.4 is 4.74 Å². The maximum Gasteiger partial charge on any atom is 0.125 e. The Labute approximate surface area is 128 Å². The topological polar surface area (TPSA) is 29.5 Å². The highest BCUT2D eigenvalue weighted by molar-refractivity contribution is 7.17. The van der Waals surface area contributed by atoms with Gasteiger partial charge in [0, 0.05) is 15.8 Å². The van der Waals surface area contributed by atoms with Crippen LogP contribution in [0.3, 0.4) is 0 Å². The molecule has 0 bridgehead atoms. The normalized spacial score (nSPS) is 12.5. The van der Waals surface area contributed by atoms with E-state index >= 15 is 0 Å². The lowest BCUT2D eigenvalue weighted by atomic mass is 10.1. The molecule has 1 N–H and O–H groups in total. The Kier molecular flexibility index (Phi) is 4.23. The van der Waals surface area contributed by atoms with E-state index in [-0.39, 0.29) is 0 Å². The van der Waals surface area contributed by atoms with Crippen molar-refractivity contribution >= 4 is 21.4 Å². The average molecular weight is 298 g/mol. The summed E-state index contributed by atoms with van der Waals surface area (Å²) in [6, 6.07) is 16.1. The molecule has 3 heteroatoms. The number of rotatable bonds is 5. The van der Waals surface area contributed by atoms with Gasteiger partial charge in [0.25, 0.3) is 0 Å². The summed E-state index contributed by atoms with van der Waals surface area (Å²) in [4.78, 5) is 0. The summed E-state index contributed by atoms with van der Waals surface area (Å²) in [6.45, 7) is 2.49. The van der Waals surface area contributed by atoms with Crippen molar-refractivity contribution in [3.05, 3.63) is 65.0 Å². The molecule has 1 unspecified atom stereocenters. The van der Waals surface area contributed by atoms with Crippen LogP contribution in [0.4, 0.5) is 0 Å². The third-order valence-corrected chi connectivity index (χ3v) is 4.62. The second-order valence-corrected chi connectivity index (χ2v) is 5.92. The molecular formula is C18H18O2S. The molecule has 108 valence electrons. The minimum absolute atomic E-state index is 0.472. The van der Waals surface area contributed by atoms with Crippen LogP contribution in [0.15, 0.2) is 53.9 Å². The van der Waals surface area contributed by atoms with E-state index in [1.165, 1.54) is 15.6 Å². The summed E-state index contributed by atoms with van der Waals surface area (Å²) >= 11 is 1.73. The van der Waals surface area contributed by atoms with Crippen molar-refractivity contribution in [2.24, 2.45) is 0 Å². The van der Waals surface area contributed by atoms with Crippen molar-refractivity contribution in [3.63, 3.8) is 0 Å². The number of ether oxygens (including phenoxy) is 1. The Bertz CT molecular complexity index is 733. The van der Waals surface area contributed by atoms with E-state index in [1.807, 2.05) is 37.3 Å². The van der Waals surface area contributed by atoms with E-state index in [4.69, 9.17) is 4.74 Å².